The minimum atomic E-state index is -3.56. The second kappa shape index (κ2) is 11.1. The van der Waals surface area contributed by atoms with Crippen LogP contribution in [0, 0.1) is 26.7 Å². The van der Waals surface area contributed by atoms with Gasteiger partial charge in [-0.15, -0.1) is 0 Å². The molecule has 0 bridgehead atoms. The zero-order valence-corrected chi connectivity index (χ0v) is 21.9. The highest BCUT2D eigenvalue weighted by Gasteiger charge is 2.35. The van der Waals surface area contributed by atoms with E-state index >= 15 is 0 Å². The highest BCUT2D eigenvalue weighted by molar-refractivity contribution is 7.89. The van der Waals surface area contributed by atoms with Crippen LogP contribution in [0.5, 0.6) is 0 Å². The second-order valence-electron chi connectivity index (χ2n) is 9.85. The second-order valence-corrected chi connectivity index (χ2v) is 11.7. The molecule has 35 heavy (non-hydrogen) atoms. The molecule has 0 unspecified atom stereocenters. The molecule has 2 heterocycles. The summed E-state index contributed by atoms with van der Waals surface area (Å²) in [5, 5.41) is 0. The summed E-state index contributed by atoms with van der Waals surface area (Å²) < 4.78 is 28.3. The summed E-state index contributed by atoms with van der Waals surface area (Å²) in [4.78, 5) is 17.9. The number of piperazine rings is 1. The van der Waals surface area contributed by atoms with E-state index in [-0.39, 0.29) is 11.8 Å². The fourth-order valence-corrected chi connectivity index (χ4v) is 7.24. The minimum Gasteiger partial charge on any atom is -0.340 e. The summed E-state index contributed by atoms with van der Waals surface area (Å²) in [5.41, 5.74) is 3.84. The molecular weight excluding hydrogens is 458 g/mol. The van der Waals surface area contributed by atoms with E-state index in [0.29, 0.717) is 30.8 Å². The third kappa shape index (κ3) is 6.02. The van der Waals surface area contributed by atoms with E-state index in [9.17, 15) is 13.2 Å². The van der Waals surface area contributed by atoms with Gasteiger partial charge in [-0.1, -0.05) is 60.2 Å². The van der Waals surface area contributed by atoms with Crippen molar-refractivity contribution in [2.24, 2.45) is 5.92 Å². The van der Waals surface area contributed by atoms with Crippen molar-refractivity contribution >= 4 is 22.0 Å². The topological polar surface area (TPSA) is 60.9 Å². The van der Waals surface area contributed by atoms with Crippen LogP contribution in [-0.4, -0.2) is 74.2 Å². The van der Waals surface area contributed by atoms with Crippen LogP contribution in [0.3, 0.4) is 0 Å². The molecule has 4 rings (SSSR count). The fraction of sp³-hybridized carbons (Fsp3) is 0.464. The Labute approximate surface area is 210 Å². The zero-order chi connectivity index (χ0) is 25.0. The van der Waals surface area contributed by atoms with Crippen LogP contribution in [0.15, 0.2) is 53.4 Å². The summed E-state index contributed by atoms with van der Waals surface area (Å²) in [5.74, 6) is 0.0930. The first-order valence-electron chi connectivity index (χ1n) is 12.6. The molecule has 188 valence electrons. The van der Waals surface area contributed by atoms with Crippen LogP contribution in [0.1, 0.15) is 35.1 Å². The number of aryl methyl sites for hydroxylation is 3. The third-order valence-electron chi connectivity index (χ3n) is 7.16. The normalized spacial score (nSPS) is 18.9. The van der Waals surface area contributed by atoms with Gasteiger partial charge in [-0.25, -0.2) is 8.42 Å². The molecule has 2 aliphatic rings. The van der Waals surface area contributed by atoms with Gasteiger partial charge in [0.15, 0.2) is 0 Å². The van der Waals surface area contributed by atoms with Gasteiger partial charge in [0.1, 0.15) is 0 Å². The molecule has 2 aromatic rings. The van der Waals surface area contributed by atoms with Crippen LogP contribution in [0.25, 0.3) is 6.08 Å². The van der Waals surface area contributed by atoms with Crippen LogP contribution in [0.4, 0.5) is 0 Å². The highest BCUT2D eigenvalue weighted by atomic mass is 32.2. The van der Waals surface area contributed by atoms with Gasteiger partial charge >= 0.3 is 0 Å². The summed E-state index contributed by atoms with van der Waals surface area (Å²) >= 11 is 0. The fourth-order valence-electron chi connectivity index (χ4n) is 5.36. The molecule has 0 saturated carbocycles. The van der Waals surface area contributed by atoms with Crippen molar-refractivity contribution in [1.29, 1.82) is 0 Å². The number of carbonyl (C=O) groups excluding carboxylic acids is 1. The lowest BCUT2D eigenvalue weighted by atomic mass is 9.96. The maximum Gasteiger partial charge on any atom is 0.243 e. The lowest BCUT2D eigenvalue weighted by Gasteiger charge is -2.38. The molecule has 7 heteroatoms. The maximum atomic E-state index is 13.4. The quantitative estimate of drug-likeness (QED) is 0.611. The summed E-state index contributed by atoms with van der Waals surface area (Å²) in [6, 6.07) is 14.1. The predicted molar refractivity (Wildman–Crippen MR) is 141 cm³/mol. The van der Waals surface area contributed by atoms with Crippen LogP contribution >= 0.6 is 0 Å². The van der Waals surface area contributed by atoms with Crippen molar-refractivity contribution in [3.63, 3.8) is 0 Å². The van der Waals surface area contributed by atoms with Gasteiger partial charge in [0, 0.05) is 51.7 Å². The van der Waals surface area contributed by atoms with Gasteiger partial charge in [-0.2, -0.15) is 4.31 Å². The number of nitrogens with zero attached hydrogens (tertiary/aromatic N) is 3. The third-order valence-corrected chi connectivity index (χ3v) is 9.37. The lowest BCUT2D eigenvalue weighted by molar-refractivity contribution is -0.138. The maximum absolute atomic E-state index is 13.4. The molecule has 0 aliphatic carbocycles. The van der Waals surface area contributed by atoms with E-state index in [4.69, 9.17) is 0 Å². The van der Waals surface area contributed by atoms with Crippen LogP contribution in [0.2, 0.25) is 0 Å². The van der Waals surface area contributed by atoms with Crippen molar-refractivity contribution in [2.75, 3.05) is 45.8 Å². The number of amides is 1. The average Bonchev–Trinajstić information content (AvgIpc) is 2.84. The number of rotatable bonds is 6. The molecule has 2 aliphatic heterocycles. The molecular formula is C28H37N3O3S. The van der Waals surface area contributed by atoms with Crippen molar-refractivity contribution in [1.82, 2.24) is 14.1 Å². The first-order valence-corrected chi connectivity index (χ1v) is 14.0. The molecule has 2 saturated heterocycles. The Morgan fingerprint density at radius 1 is 0.914 bits per heavy atom. The Morgan fingerprint density at radius 2 is 1.51 bits per heavy atom. The smallest absolute Gasteiger partial charge is 0.243 e. The first-order chi connectivity index (χ1) is 16.8. The van der Waals surface area contributed by atoms with Gasteiger partial charge in [0.2, 0.25) is 15.9 Å². The number of hydrogen-bond donors (Lipinski definition) is 0. The van der Waals surface area contributed by atoms with Crippen LogP contribution < -0.4 is 0 Å². The summed E-state index contributed by atoms with van der Waals surface area (Å²) in [6.07, 6.45) is 5.49. The van der Waals surface area contributed by atoms with Gasteiger partial charge in [0.25, 0.3) is 0 Å². The molecule has 2 fully saturated rings. The van der Waals surface area contributed by atoms with Gasteiger partial charge < -0.3 is 4.90 Å². The van der Waals surface area contributed by atoms with Crippen molar-refractivity contribution in [2.45, 2.75) is 38.5 Å². The Morgan fingerprint density at radius 3 is 2.11 bits per heavy atom. The Balaban J connectivity index is 1.27. The van der Waals surface area contributed by atoms with E-state index in [1.54, 1.807) is 4.31 Å². The largest absolute Gasteiger partial charge is 0.340 e. The molecule has 0 N–H and O–H groups in total. The van der Waals surface area contributed by atoms with Gasteiger partial charge in [-0.05, 0) is 50.3 Å². The molecule has 0 spiro atoms. The molecule has 1 amide bonds. The van der Waals surface area contributed by atoms with E-state index in [2.05, 4.69) is 29.2 Å². The standard InChI is InChI=1S/C28H37N3O3S/c1-22-20-23(2)27(24(3)21-22)35(33,34)31-14-11-26(12-15-31)28(32)30-18-16-29(17-19-30)13-7-10-25-8-5-4-6-9-25/h4-10,20-21,26H,11-19H2,1-3H3/b10-7+. The van der Waals surface area contributed by atoms with E-state index in [1.165, 1.54) is 5.56 Å². The van der Waals surface area contributed by atoms with Crippen molar-refractivity contribution in [3.05, 3.63) is 70.8 Å². The zero-order valence-electron chi connectivity index (χ0n) is 21.1. The molecule has 0 radical (unpaired) electrons. The average molecular weight is 496 g/mol. The Bertz CT molecular complexity index is 1140. The number of sulfonamides is 1. The van der Waals surface area contributed by atoms with Gasteiger partial charge in [-0.3, -0.25) is 9.69 Å². The lowest BCUT2D eigenvalue weighted by Crippen LogP contribution is -2.51. The van der Waals surface area contributed by atoms with E-state index < -0.39 is 10.0 Å². The van der Waals surface area contributed by atoms with E-state index in [1.807, 2.05) is 56.0 Å². The summed E-state index contributed by atoms with van der Waals surface area (Å²) in [6.45, 7) is 10.6. The Kier molecular flexibility index (Phi) is 8.09. The predicted octanol–water partition coefficient (Wildman–Crippen LogP) is 3.87. The van der Waals surface area contributed by atoms with Gasteiger partial charge in [0.05, 0.1) is 4.90 Å². The number of hydrogen-bond acceptors (Lipinski definition) is 4. The molecule has 2 aromatic carbocycles. The SMILES string of the molecule is Cc1cc(C)c(S(=O)(=O)N2CCC(C(=O)N3CCN(C/C=C/c4ccccc4)CC3)CC2)c(C)c1. The monoisotopic (exact) mass is 495 g/mol. The van der Waals surface area contributed by atoms with Crippen molar-refractivity contribution < 1.29 is 13.2 Å². The molecule has 0 aromatic heterocycles. The van der Waals surface area contributed by atoms with Crippen molar-refractivity contribution in [3.8, 4) is 0 Å². The highest BCUT2D eigenvalue weighted by Crippen LogP contribution is 2.29. The number of piperidine rings is 1. The Hall–Kier alpha value is -2.48. The summed E-state index contributed by atoms with van der Waals surface area (Å²) in [7, 11) is -3.56. The van der Waals surface area contributed by atoms with E-state index in [0.717, 1.165) is 49.4 Å². The number of carbonyl (C=O) groups is 1. The van der Waals surface area contributed by atoms with Crippen LogP contribution in [-0.2, 0) is 14.8 Å². The molecule has 0 atom stereocenters. The first kappa shape index (κ1) is 25.6. The minimum absolute atomic E-state index is 0.0915. The number of benzene rings is 2. The molecule has 6 nitrogen and oxygen atoms in total.